The molecule has 0 aromatic carbocycles. The normalized spacial score (nSPS) is 20.1. The van der Waals surface area contributed by atoms with E-state index in [1.165, 1.54) is 0 Å². The molecule has 1 unspecified atom stereocenters. The lowest BCUT2D eigenvalue weighted by Crippen LogP contribution is -2.23. The number of nitrogen functional groups attached to an aromatic ring is 1. The predicted molar refractivity (Wildman–Crippen MR) is 58.7 cm³/mol. The Bertz CT molecular complexity index is 396. The molecule has 1 aliphatic rings. The molecule has 0 spiro atoms. The minimum atomic E-state index is 0.0331. The molecular weight excluding hydrogens is 216 g/mol. The van der Waals surface area contributed by atoms with E-state index in [2.05, 4.69) is 15.6 Å². The second kappa shape index (κ2) is 3.94. The second-order valence-electron chi connectivity index (χ2n) is 3.42. The number of carbonyl (C=O) groups is 1. The Labute approximate surface area is 92.0 Å². The number of pyridine rings is 1. The molecule has 0 saturated carbocycles. The molecule has 1 fully saturated rings. The number of nitrogens with zero attached hydrogens (tertiary/aromatic N) is 1. The molecule has 2 rings (SSSR count). The van der Waals surface area contributed by atoms with Crippen molar-refractivity contribution in [3.8, 4) is 0 Å². The summed E-state index contributed by atoms with van der Waals surface area (Å²) >= 11 is 5.74. The maximum atomic E-state index is 11.0. The number of rotatable bonds is 2. The first-order valence-electron chi connectivity index (χ1n) is 4.60. The van der Waals surface area contributed by atoms with Crippen LogP contribution in [0, 0.1) is 0 Å². The Morgan fingerprint density at radius 3 is 3.07 bits per heavy atom. The Hall–Kier alpha value is -1.49. The van der Waals surface area contributed by atoms with Crippen LogP contribution in [0.3, 0.4) is 0 Å². The third kappa shape index (κ3) is 2.30. The van der Waals surface area contributed by atoms with Crippen LogP contribution in [-0.2, 0) is 4.79 Å². The monoisotopic (exact) mass is 226 g/mol. The number of hydrogen-bond donors (Lipinski definition) is 3. The Balaban J connectivity index is 2.10. The van der Waals surface area contributed by atoms with Crippen LogP contribution < -0.4 is 16.4 Å². The summed E-state index contributed by atoms with van der Waals surface area (Å²) < 4.78 is 0. The van der Waals surface area contributed by atoms with Crippen molar-refractivity contribution in [1.82, 2.24) is 10.3 Å². The van der Waals surface area contributed by atoms with Gasteiger partial charge >= 0.3 is 0 Å². The van der Waals surface area contributed by atoms with Crippen molar-refractivity contribution in [1.29, 1.82) is 0 Å². The van der Waals surface area contributed by atoms with Crippen molar-refractivity contribution in [3.05, 3.63) is 17.3 Å². The molecule has 15 heavy (non-hydrogen) atoms. The van der Waals surface area contributed by atoms with Gasteiger partial charge in [-0.1, -0.05) is 11.6 Å². The third-order valence-corrected chi connectivity index (χ3v) is 2.42. The fourth-order valence-corrected chi connectivity index (χ4v) is 1.61. The van der Waals surface area contributed by atoms with Gasteiger partial charge < -0.3 is 16.4 Å². The van der Waals surface area contributed by atoms with E-state index in [-0.39, 0.29) is 11.9 Å². The van der Waals surface area contributed by atoms with Crippen LogP contribution in [0.5, 0.6) is 0 Å². The Morgan fingerprint density at radius 1 is 1.60 bits per heavy atom. The van der Waals surface area contributed by atoms with E-state index in [9.17, 15) is 4.79 Å². The molecule has 1 atom stereocenters. The van der Waals surface area contributed by atoms with Gasteiger partial charge in [-0.2, -0.15) is 0 Å². The summed E-state index contributed by atoms with van der Waals surface area (Å²) in [6.45, 7) is 0.590. The van der Waals surface area contributed by atoms with Gasteiger partial charge in [0.2, 0.25) is 5.91 Å². The van der Waals surface area contributed by atoms with Crippen LogP contribution in [0.25, 0.3) is 0 Å². The van der Waals surface area contributed by atoms with E-state index in [0.29, 0.717) is 29.6 Å². The molecule has 80 valence electrons. The molecule has 0 aliphatic carbocycles. The van der Waals surface area contributed by atoms with E-state index in [4.69, 9.17) is 17.3 Å². The first kappa shape index (κ1) is 10.0. The highest BCUT2D eigenvalue weighted by atomic mass is 35.5. The fraction of sp³-hybridized carbons (Fsp3) is 0.333. The van der Waals surface area contributed by atoms with Gasteiger partial charge in [0.15, 0.2) is 5.82 Å². The molecular formula is C9H11ClN4O. The van der Waals surface area contributed by atoms with Crippen LogP contribution in [0.1, 0.15) is 6.42 Å². The lowest BCUT2D eigenvalue weighted by molar-refractivity contribution is -0.119. The lowest BCUT2D eigenvalue weighted by Gasteiger charge is -2.12. The smallest absolute Gasteiger partial charge is 0.222 e. The van der Waals surface area contributed by atoms with Crippen LogP contribution >= 0.6 is 11.6 Å². The number of halogens is 1. The standard InChI is InChI=1S/C9H11ClN4O/c10-7-2-1-6(11)9(14-7)13-5-3-8(15)12-4-5/h1-2,5H,3-4,11H2,(H,12,15)(H,13,14). The number of nitrogens with one attached hydrogen (secondary N) is 2. The zero-order valence-electron chi connectivity index (χ0n) is 7.96. The molecule has 1 aromatic rings. The van der Waals surface area contributed by atoms with E-state index in [1.54, 1.807) is 12.1 Å². The largest absolute Gasteiger partial charge is 0.396 e. The second-order valence-corrected chi connectivity index (χ2v) is 3.81. The van der Waals surface area contributed by atoms with Gasteiger partial charge in [-0.15, -0.1) is 0 Å². The first-order valence-corrected chi connectivity index (χ1v) is 4.98. The number of anilines is 2. The van der Waals surface area contributed by atoms with Crippen molar-refractivity contribution < 1.29 is 4.79 Å². The Morgan fingerprint density at radius 2 is 2.40 bits per heavy atom. The predicted octanol–water partition coefficient (Wildman–Crippen LogP) is 0.618. The third-order valence-electron chi connectivity index (χ3n) is 2.21. The molecule has 4 N–H and O–H groups in total. The fourth-order valence-electron chi connectivity index (χ4n) is 1.46. The van der Waals surface area contributed by atoms with Gasteiger partial charge in [-0.3, -0.25) is 4.79 Å². The van der Waals surface area contributed by atoms with E-state index in [1.807, 2.05) is 0 Å². The summed E-state index contributed by atoms with van der Waals surface area (Å²) in [5.41, 5.74) is 6.24. The van der Waals surface area contributed by atoms with Crippen LogP contribution in [0.4, 0.5) is 11.5 Å². The van der Waals surface area contributed by atoms with Crippen LogP contribution in [0.15, 0.2) is 12.1 Å². The molecule has 6 heteroatoms. The van der Waals surface area contributed by atoms with Gasteiger partial charge in [0, 0.05) is 13.0 Å². The number of nitrogens with two attached hydrogens (primary N) is 1. The summed E-state index contributed by atoms with van der Waals surface area (Å²) in [5, 5.41) is 6.18. The van der Waals surface area contributed by atoms with Crippen LogP contribution in [-0.4, -0.2) is 23.5 Å². The maximum Gasteiger partial charge on any atom is 0.222 e. The van der Waals surface area contributed by atoms with Crippen molar-refractivity contribution in [2.45, 2.75) is 12.5 Å². The first-order chi connectivity index (χ1) is 7.15. The highest BCUT2D eigenvalue weighted by molar-refractivity contribution is 6.29. The highest BCUT2D eigenvalue weighted by Crippen LogP contribution is 2.20. The van der Waals surface area contributed by atoms with Gasteiger partial charge in [0.05, 0.1) is 11.7 Å². The van der Waals surface area contributed by atoms with Gasteiger partial charge in [0.25, 0.3) is 0 Å². The lowest BCUT2D eigenvalue weighted by atomic mass is 10.2. The number of hydrogen-bond acceptors (Lipinski definition) is 4. The number of aromatic nitrogens is 1. The summed E-state index contributed by atoms with van der Waals surface area (Å²) in [6.07, 6.45) is 0.438. The molecule has 1 aromatic heterocycles. The zero-order valence-corrected chi connectivity index (χ0v) is 8.71. The van der Waals surface area contributed by atoms with Crippen LogP contribution in [0.2, 0.25) is 5.15 Å². The number of amides is 1. The molecule has 1 aliphatic heterocycles. The maximum absolute atomic E-state index is 11.0. The number of carbonyl (C=O) groups excluding carboxylic acids is 1. The molecule has 0 radical (unpaired) electrons. The average molecular weight is 227 g/mol. The molecule has 1 amide bonds. The van der Waals surface area contributed by atoms with E-state index >= 15 is 0 Å². The van der Waals surface area contributed by atoms with Gasteiger partial charge in [0.1, 0.15) is 5.15 Å². The van der Waals surface area contributed by atoms with Crippen molar-refractivity contribution in [3.63, 3.8) is 0 Å². The Kier molecular flexibility index (Phi) is 2.64. The van der Waals surface area contributed by atoms with Crippen molar-refractivity contribution in [2.24, 2.45) is 0 Å². The van der Waals surface area contributed by atoms with E-state index in [0.717, 1.165) is 0 Å². The average Bonchev–Trinajstić information content (AvgIpc) is 2.58. The molecule has 1 saturated heterocycles. The topological polar surface area (TPSA) is 80.0 Å². The van der Waals surface area contributed by atoms with Gasteiger partial charge in [-0.05, 0) is 12.1 Å². The molecule has 5 nitrogen and oxygen atoms in total. The molecule has 2 heterocycles. The minimum Gasteiger partial charge on any atom is -0.396 e. The van der Waals surface area contributed by atoms with Gasteiger partial charge in [-0.25, -0.2) is 4.98 Å². The summed E-state index contributed by atoms with van der Waals surface area (Å²) in [6, 6.07) is 3.34. The van der Waals surface area contributed by atoms with E-state index < -0.39 is 0 Å². The quantitative estimate of drug-likeness (QED) is 0.646. The summed E-state index contributed by atoms with van der Waals surface area (Å²) in [4.78, 5) is 15.0. The minimum absolute atomic E-state index is 0.0331. The zero-order chi connectivity index (χ0) is 10.8. The summed E-state index contributed by atoms with van der Waals surface area (Å²) in [7, 11) is 0. The summed E-state index contributed by atoms with van der Waals surface area (Å²) in [5.74, 6) is 0.567. The highest BCUT2D eigenvalue weighted by Gasteiger charge is 2.21. The van der Waals surface area contributed by atoms with Crippen molar-refractivity contribution in [2.75, 3.05) is 17.6 Å². The SMILES string of the molecule is Nc1ccc(Cl)nc1NC1CNC(=O)C1. The molecule has 0 bridgehead atoms. The van der Waals surface area contributed by atoms with Crippen molar-refractivity contribution >= 4 is 29.0 Å².